The topological polar surface area (TPSA) is 57.4 Å². The lowest BCUT2D eigenvalue weighted by molar-refractivity contribution is 0.145. The van der Waals surface area contributed by atoms with Crippen LogP contribution in [0.2, 0.25) is 0 Å². The first-order valence-corrected chi connectivity index (χ1v) is 10.0. The van der Waals surface area contributed by atoms with Gasteiger partial charge in [0.05, 0.1) is 6.61 Å². The summed E-state index contributed by atoms with van der Waals surface area (Å²) in [4.78, 5) is 17.1. The number of aromatic amines is 1. The van der Waals surface area contributed by atoms with Gasteiger partial charge in [-0.2, -0.15) is 0 Å². The van der Waals surface area contributed by atoms with Crippen LogP contribution < -0.4 is 5.32 Å². The highest BCUT2D eigenvalue weighted by Crippen LogP contribution is 2.49. The second kappa shape index (κ2) is 10.5. The molecule has 1 heterocycles. The molecule has 6 heteroatoms. The van der Waals surface area contributed by atoms with Crippen molar-refractivity contribution >= 4 is 17.0 Å². The van der Waals surface area contributed by atoms with Crippen LogP contribution in [0, 0.1) is 11.7 Å². The first kappa shape index (κ1) is 22.2. The molecular weight excluding hydrogens is 357 g/mol. The zero-order valence-electron chi connectivity index (χ0n) is 16.3. The molecule has 0 bridgehead atoms. The van der Waals surface area contributed by atoms with Crippen LogP contribution >= 0.6 is 0 Å². The van der Waals surface area contributed by atoms with Gasteiger partial charge in [0.25, 0.3) is 0 Å². The number of ether oxygens (including phenoxy) is 1. The SMILES string of the molecule is C.CCCOC(=O)NCCCN(CC)CC1CC1c1c[nH]c2ccc(F)cc12. The van der Waals surface area contributed by atoms with E-state index in [1.165, 1.54) is 11.6 Å². The maximum atomic E-state index is 13.6. The van der Waals surface area contributed by atoms with Gasteiger partial charge in [-0.05, 0) is 68.0 Å². The lowest BCUT2D eigenvalue weighted by Gasteiger charge is -2.20. The number of carbonyl (C=O) groups excluding carboxylic acids is 1. The highest BCUT2D eigenvalue weighted by Gasteiger charge is 2.40. The Morgan fingerprint density at radius 3 is 2.96 bits per heavy atom. The van der Waals surface area contributed by atoms with E-state index in [0.717, 1.165) is 49.8 Å². The Balaban J connectivity index is 0.00000280. The van der Waals surface area contributed by atoms with E-state index in [-0.39, 0.29) is 19.3 Å². The summed E-state index contributed by atoms with van der Waals surface area (Å²) in [5.41, 5.74) is 2.25. The summed E-state index contributed by atoms with van der Waals surface area (Å²) in [5, 5.41) is 3.81. The first-order valence-electron chi connectivity index (χ1n) is 10.0. The fraction of sp³-hybridized carbons (Fsp3) is 0.591. The number of aromatic nitrogens is 1. The van der Waals surface area contributed by atoms with Gasteiger partial charge < -0.3 is 19.9 Å². The lowest BCUT2D eigenvalue weighted by Crippen LogP contribution is -2.31. The minimum Gasteiger partial charge on any atom is -0.450 e. The number of nitrogens with one attached hydrogen (secondary N) is 2. The molecule has 0 radical (unpaired) electrons. The van der Waals surface area contributed by atoms with Crippen molar-refractivity contribution in [3.8, 4) is 0 Å². The molecule has 0 aliphatic heterocycles. The zero-order valence-corrected chi connectivity index (χ0v) is 16.3. The zero-order chi connectivity index (χ0) is 19.2. The quantitative estimate of drug-likeness (QED) is 0.567. The van der Waals surface area contributed by atoms with E-state index in [1.54, 1.807) is 6.07 Å². The normalized spacial score (nSPS) is 18.1. The van der Waals surface area contributed by atoms with Crippen molar-refractivity contribution in [2.45, 2.75) is 46.5 Å². The number of rotatable bonds is 10. The van der Waals surface area contributed by atoms with Crippen LogP contribution in [0.3, 0.4) is 0 Å². The van der Waals surface area contributed by atoms with E-state index < -0.39 is 0 Å². The summed E-state index contributed by atoms with van der Waals surface area (Å²) >= 11 is 0. The Labute approximate surface area is 167 Å². The smallest absolute Gasteiger partial charge is 0.407 e. The second-order valence-corrected chi connectivity index (χ2v) is 7.35. The average Bonchev–Trinajstić information content (AvgIpc) is 3.30. The Kier molecular flexibility index (Phi) is 8.30. The molecule has 2 atom stereocenters. The third-order valence-electron chi connectivity index (χ3n) is 5.30. The molecule has 1 fully saturated rings. The lowest BCUT2D eigenvalue weighted by atomic mass is 10.1. The van der Waals surface area contributed by atoms with Gasteiger partial charge in [0.15, 0.2) is 0 Å². The summed E-state index contributed by atoms with van der Waals surface area (Å²) in [6, 6.07) is 4.94. The number of nitrogens with zero attached hydrogens (tertiary/aromatic N) is 1. The molecule has 3 rings (SSSR count). The number of amides is 1. The number of carbonyl (C=O) groups is 1. The molecule has 5 nitrogen and oxygen atoms in total. The molecule has 28 heavy (non-hydrogen) atoms. The number of alkyl carbamates (subject to hydrolysis) is 1. The molecule has 1 aliphatic rings. The van der Waals surface area contributed by atoms with Crippen molar-refractivity contribution in [1.82, 2.24) is 15.2 Å². The largest absolute Gasteiger partial charge is 0.450 e. The van der Waals surface area contributed by atoms with Crippen molar-refractivity contribution in [2.75, 3.05) is 32.8 Å². The summed E-state index contributed by atoms with van der Waals surface area (Å²) in [6.07, 6.45) is 4.61. The molecule has 156 valence electrons. The average molecular weight is 392 g/mol. The maximum Gasteiger partial charge on any atom is 0.407 e. The van der Waals surface area contributed by atoms with Gasteiger partial charge in [0.2, 0.25) is 0 Å². The van der Waals surface area contributed by atoms with E-state index in [9.17, 15) is 9.18 Å². The van der Waals surface area contributed by atoms with Gasteiger partial charge in [0.1, 0.15) is 5.82 Å². The van der Waals surface area contributed by atoms with Crippen molar-refractivity contribution in [3.63, 3.8) is 0 Å². The molecule has 0 spiro atoms. The summed E-state index contributed by atoms with van der Waals surface area (Å²) in [6.45, 7) is 8.24. The monoisotopic (exact) mass is 391 g/mol. The predicted molar refractivity (Wildman–Crippen MR) is 112 cm³/mol. The standard InChI is InChI=1S/C21H30FN3O2.CH4/c1-3-10-27-21(26)23-8-5-9-25(4-2)14-15-11-17(15)19-13-24-20-7-6-16(22)12-18(19)20;/h6-7,12-13,15,17,24H,3-5,8-11,14H2,1-2H3,(H,23,26);1H4. The molecule has 1 aromatic carbocycles. The number of benzene rings is 1. The van der Waals surface area contributed by atoms with Crippen LogP contribution in [-0.2, 0) is 4.74 Å². The molecule has 1 aromatic heterocycles. The minimum atomic E-state index is -0.325. The Morgan fingerprint density at radius 2 is 2.21 bits per heavy atom. The Morgan fingerprint density at radius 1 is 1.39 bits per heavy atom. The number of hydrogen-bond donors (Lipinski definition) is 2. The van der Waals surface area contributed by atoms with E-state index in [2.05, 4.69) is 22.1 Å². The fourth-order valence-corrected chi connectivity index (χ4v) is 3.70. The predicted octanol–water partition coefficient (Wildman–Crippen LogP) is 4.89. The Bertz CT molecular complexity index is 761. The number of halogens is 1. The van der Waals surface area contributed by atoms with Crippen LogP contribution in [0.4, 0.5) is 9.18 Å². The highest BCUT2D eigenvalue weighted by molar-refractivity contribution is 5.84. The van der Waals surface area contributed by atoms with Crippen molar-refractivity contribution in [1.29, 1.82) is 0 Å². The van der Waals surface area contributed by atoms with Crippen LogP contribution in [0.5, 0.6) is 0 Å². The number of hydrogen-bond acceptors (Lipinski definition) is 3. The van der Waals surface area contributed by atoms with Gasteiger partial charge in [-0.1, -0.05) is 21.3 Å². The summed E-state index contributed by atoms with van der Waals surface area (Å²) < 4.78 is 18.6. The van der Waals surface area contributed by atoms with Crippen LogP contribution in [0.15, 0.2) is 24.4 Å². The summed E-state index contributed by atoms with van der Waals surface area (Å²) in [7, 11) is 0. The molecule has 1 amide bonds. The molecule has 2 N–H and O–H groups in total. The van der Waals surface area contributed by atoms with Crippen molar-refractivity contribution in [3.05, 3.63) is 35.8 Å². The van der Waals surface area contributed by atoms with Gasteiger partial charge in [-0.15, -0.1) is 0 Å². The molecule has 0 saturated heterocycles. The molecule has 2 aromatic rings. The highest BCUT2D eigenvalue weighted by atomic mass is 19.1. The molecule has 1 saturated carbocycles. The van der Waals surface area contributed by atoms with E-state index in [0.29, 0.717) is 25.0 Å². The number of H-pyrrole nitrogens is 1. The second-order valence-electron chi connectivity index (χ2n) is 7.35. The van der Waals surface area contributed by atoms with Crippen molar-refractivity contribution < 1.29 is 13.9 Å². The molecular formula is C22H34FN3O2. The third-order valence-corrected chi connectivity index (χ3v) is 5.30. The van der Waals surface area contributed by atoms with Gasteiger partial charge >= 0.3 is 6.09 Å². The fourth-order valence-electron chi connectivity index (χ4n) is 3.70. The van der Waals surface area contributed by atoms with Crippen LogP contribution in [0.1, 0.15) is 52.0 Å². The van der Waals surface area contributed by atoms with Gasteiger partial charge in [-0.25, -0.2) is 9.18 Å². The van der Waals surface area contributed by atoms with E-state index >= 15 is 0 Å². The third kappa shape index (κ3) is 5.71. The van der Waals surface area contributed by atoms with Gasteiger partial charge in [0, 0.05) is 30.2 Å². The maximum absolute atomic E-state index is 13.6. The van der Waals surface area contributed by atoms with Crippen molar-refractivity contribution in [2.24, 2.45) is 5.92 Å². The van der Waals surface area contributed by atoms with E-state index in [1.807, 2.05) is 19.2 Å². The van der Waals surface area contributed by atoms with Gasteiger partial charge in [-0.3, -0.25) is 0 Å². The first-order chi connectivity index (χ1) is 13.1. The number of fused-ring (bicyclic) bond motifs is 1. The van der Waals surface area contributed by atoms with E-state index in [4.69, 9.17) is 4.74 Å². The Hall–Kier alpha value is -2.08. The molecule has 1 aliphatic carbocycles. The molecule has 2 unspecified atom stereocenters. The van der Waals surface area contributed by atoms with Crippen LogP contribution in [-0.4, -0.2) is 48.8 Å². The minimum absolute atomic E-state index is 0. The van der Waals surface area contributed by atoms with Crippen LogP contribution in [0.25, 0.3) is 10.9 Å². The summed E-state index contributed by atoms with van der Waals surface area (Å²) in [5.74, 6) is 0.951.